The van der Waals surface area contributed by atoms with Crippen molar-refractivity contribution >= 4 is 23.2 Å². The zero-order valence-corrected chi connectivity index (χ0v) is 16.4. The highest BCUT2D eigenvalue weighted by molar-refractivity contribution is 5.96. The van der Waals surface area contributed by atoms with Crippen LogP contribution in [0.1, 0.15) is 30.7 Å². The van der Waals surface area contributed by atoms with Gasteiger partial charge in [-0.3, -0.25) is 9.59 Å². The van der Waals surface area contributed by atoms with Crippen molar-refractivity contribution in [3.8, 4) is 0 Å². The van der Waals surface area contributed by atoms with E-state index in [0.717, 1.165) is 43.9 Å². The Hall–Kier alpha value is -2.82. The molecule has 0 saturated carbocycles. The molecule has 2 aromatic carbocycles. The molecule has 0 bridgehead atoms. The van der Waals surface area contributed by atoms with Gasteiger partial charge in [-0.25, -0.2) is 0 Å². The third kappa shape index (κ3) is 3.75. The van der Waals surface area contributed by atoms with E-state index in [1.165, 1.54) is 5.56 Å². The lowest BCUT2D eigenvalue weighted by Crippen LogP contribution is -2.38. The number of amides is 2. The van der Waals surface area contributed by atoms with Gasteiger partial charge in [-0.2, -0.15) is 0 Å². The van der Waals surface area contributed by atoms with E-state index in [-0.39, 0.29) is 11.8 Å². The van der Waals surface area contributed by atoms with Gasteiger partial charge in [-0.1, -0.05) is 36.4 Å². The van der Waals surface area contributed by atoms with E-state index in [9.17, 15) is 9.59 Å². The Morgan fingerprint density at radius 2 is 1.82 bits per heavy atom. The summed E-state index contributed by atoms with van der Waals surface area (Å²) < 4.78 is 0. The number of nitrogens with zero attached hydrogens (tertiary/aromatic N) is 3. The van der Waals surface area contributed by atoms with Crippen LogP contribution < -0.4 is 9.80 Å². The SMILES string of the molecule is CN(C(=O)CN1CC(CCN2CCCC2=O)c2ccccc21)c1ccccc1. The average molecular weight is 377 g/mol. The zero-order chi connectivity index (χ0) is 19.5. The first-order valence-electron chi connectivity index (χ1n) is 10.1. The third-order valence-electron chi connectivity index (χ3n) is 5.92. The first kappa shape index (κ1) is 18.5. The Morgan fingerprint density at radius 3 is 2.57 bits per heavy atom. The number of likely N-dealkylation sites (tertiary alicyclic amines) is 1. The maximum atomic E-state index is 12.9. The Labute approximate surface area is 166 Å². The minimum absolute atomic E-state index is 0.0800. The van der Waals surface area contributed by atoms with Gasteiger partial charge in [0, 0.05) is 50.4 Å². The summed E-state index contributed by atoms with van der Waals surface area (Å²) in [6.45, 7) is 2.89. The Bertz CT molecular complexity index is 852. The molecule has 1 fully saturated rings. The van der Waals surface area contributed by atoms with Crippen LogP contribution in [0.25, 0.3) is 0 Å². The van der Waals surface area contributed by atoms with Gasteiger partial charge in [0.05, 0.1) is 6.54 Å². The Kier molecular flexibility index (Phi) is 5.33. The molecule has 0 spiro atoms. The average Bonchev–Trinajstić information content (AvgIpc) is 3.30. The Morgan fingerprint density at radius 1 is 1.07 bits per heavy atom. The van der Waals surface area contributed by atoms with E-state index in [1.807, 2.05) is 48.3 Å². The molecule has 146 valence electrons. The van der Waals surface area contributed by atoms with Crippen molar-refractivity contribution in [3.05, 3.63) is 60.2 Å². The summed E-state index contributed by atoms with van der Waals surface area (Å²) in [6.07, 6.45) is 2.61. The van der Waals surface area contributed by atoms with E-state index in [4.69, 9.17) is 0 Å². The summed E-state index contributed by atoms with van der Waals surface area (Å²) in [5, 5.41) is 0. The van der Waals surface area contributed by atoms with E-state index < -0.39 is 0 Å². The molecule has 1 atom stereocenters. The van der Waals surface area contributed by atoms with Gasteiger partial charge >= 0.3 is 0 Å². The van der Waals surface area contributed by atoms with Gasteiger partial charge in [0.1, 0.15) is 0 Å². The molecule has 1 unspecified atom stereocenters. The third-order valence-corrected chi connectivity index (χ3v) is 5.92. The van der Waals surface area contributed by atoms with Crippen LogP contribution in [0.15, 0.2) is 54.6 Å². The molecule has 2 amide bonds. The van der Waals surface area contributed by atoms with E-state index >= 15 is 0 Å². The highest BCUT2D eigenvalue weighted by Crippen LogP contribution is 2.38. The molecule has 5 nitrogen and oxygen atoms in total. The van der Waals surface area contributed by atoms with Crippen LogP contribution in [0.2, 0.25) is 0 Å². The van der Waals surface area contributed by atoms with Crippen LogP contribution in [0.5, 0.6) is 0 Å². The molecule has 1 saturated heterocycles. The van der Waals surface area contributed by atoms with Crippen LogP contribution in [0.4, 0.5) is 11.4 Å². The fourth-order valence-corrected chi connectivity index (χ4v) is 4.30. The van der Waals surface area contributed by atoms with Crippen molar-refractivity contribution in [2.24, 2.45) is 0 Å². The van der Waals surface area contributed by atoms with Crippen molar-refractivity contribution < 1.29 is 9.59 Å². The smallest absolute Gasteiger partial charge is 0.246 e. The lowest BCUT2D eigenvalue weighted by atomic mass is 9.98. The molecular formula is C23H27N3O2. The number of anilines is 2. The monoisotopic (exact) mass is 377 g/mol. The van der Waals surface area contributed by atoms with Gasteiger partial charge < -0.3 is 14.7 Å². The standard InChI is InChI=1S/C23H27N3O2/c1-24(19-8-3-2-4-9-19)23(28)17-26-16-18(20-10-5-6-11-21(20)26)13-15-25-14-7-12-22(25)27/h2-6,8-11,18H,7,12-17H2,1H3. The van der Waals surface area contributed by atoms with Gasteiger partial charge in [0.15, 0.2) is 0 Å². The minimum atomic E-state index is 0.0800. The molecule has 0 radical (unpaired) electrons. The minimum Gasteiger partial charge on any atom is -0.361 e. The van der Waals surface area contributed by atoms with Gasteiger partial charge in [0.2, 0.25) is 11.8 Å². The normalized spacial score (nSPS) is 18.5. The fourth-order valence-electron chi connectivity index (χ4n) is 4.30. The predicted octanol–water partition coefficient (Wildman–Crippen LogP) is 3.27. The number of carbonyl (C=O) groups is 2. The Balaban J connectivity index is 1.43. The van der Waals surface area contributed by atoms with Crippen LogP contribution in [-0.2, 0) is 9.59 Å². The van der Waals surface area contributed by atoms with Crippen molar-refractivity contribution in [2.45, 2.75) is 25.2 Å². The molecule has 0 aliphatic carbocycles. The lowest BCUT2D eigenvalue weighted by Gasteiger charge is -2.24. The summed E-state index contributed by atoms with van der Waals surface area (Å²) in [7, 11) is 1.83. The van der Waals surface area contributed by atoms with Crippen molar-refractivity contribution in [3.63, 3.8) is 0 Å². The van der Waals surface area contributed by atoms with Crippen LogP contribution >= 0.6 is 0 Å². The van der Waals surface area contributed by atoms with Gasteiger partial charge in [-0.15, -0.1) is 0 Å². The number of rotatable bonds is 6. The second-order valence-electron chi connectivity index (χ2n) is 7.70. The van der Waals surface area contributed by atoms with Crippen molar-refractivity contribution in [2.75, 3.05) is 43.0 Å². The number of likely N-dealkylation sites (N-methyl/N-ethyl adjacent to an activating group) is 1. The molecular weight excluding hydrogens is 350 g/mol. The molecule has 5 heteroatoms. The molecule has 2 aliphatic heterocycles. The molecule has 0 N–H and O–H groups in total. The van der Waals surface area contributed by atoms with Crippen LogP contribution in [-0.4, -0.2) is 49.9 Å². The first-order chi connectivity index (χ1) is 13.6. The van der Waals surface area contributed by atoms with E-state index in [1.54, 1.807) is 4.90 Å². The largest absolute Gasteiger partial charge is 0.361 e. The van der Waals surface area contributed by atoms with Crippen LogP contribution in [0, 0.1) is 0 Å². The second kappa shape index (κ2) is 8.05. The number of fused-ring (bicyclic) bond motifs is 1. The van der Waals surface area contributed by atoms with Crippen molar-refractivity contribution in [1.29, 1.82) is 0 Å². The molecule has 28 heavy (non-hydrogen) atoms. The van der Waals surface area contributed by atoms with Gasteiger partial charge in [-0.05, 0) is 36.6 Å². The molecule has 0 aromatic heterocycles. The van der Waals surface area contributed by atoms with Crippen molar-refractivity contribution in [1.82, 2.24) is 4.90 Å². The molecule has 4 rings (SSSR count). The highest BCUT2D eigenvalue weighted by Gasteiger charge is 2.31. The lowest BCUT2D eigenvalue weighted by molar-refractivity contribution is -0.127. The summed E-state index contributed by atoms with van der Waals surface area (Å²) in [4.78, 5) is 30.7. The topological polar surface area (TPSA) is 43.9 Å². The quantitative estimate of drug-likeness (QED) is 0.776. The predicted molar refractivity (Wildman–Crippen MR) is 112 cm³/mol. The first-order valence-corrected chi connectivity index (χ1v) is 10.1. The summed E-state index contributed by atoms with van der Waals surface area (Å²) in [5.74, 6) is 0.721. The van der Waals surface area contributed by atoms with E-state index in [0.29, 0.717) is 18.9 Å². The number of hydrogen-bond acceptors (Lipinski definition) is 3. The molecule has 2 aromatic rings. The molecule has 2 heterocycles. The van der Waals surface area contributed by atoms with Gasteiger partial charge in [0.25, 0.3) is 0 Å². The number of carbonyl (C=O) groups excluding carboxylic acids is 2. The fraction of sp³-hybridized carbons (Fsp3) is 0.391. The summed E-state index contributed by atoms with van der Waals surface area (Å²) in [5.41, 5.74) is 3.35. The maximum absolute atomic E-state index is 12.9. The second-order valence-corrected chi connectivity index (χ2v) is 7.70. The number of hydrogen-bond donors (Lipinski definition) is 0. The maximum Gasteiger partial charge on any atom is 0.246 e. The van der Waals surface area contributed by atoms with Crippen LogP contribution in [0.3, 0.4) is 0 Å². The van der Waals surface area contributed by atoms with E-state index in [2.05, 4.69) is 23.1 Å². The summed E-state index contributed by atoms with van der Waals surface area (Å²) in [6, 6.07) is 18.1. The number of benzene rings is 2. The molecule has 2 aliphatic rings. The summed E-state index contributed by atoms with van der Waals surface area (Å²) >= 11 is 0. The highest BCUT2D eigenvalue weighted by atomic mass is 16.2. The number of para-hydroxylation sites is 2. The zero-order valence-electron chi connectivity index (χ0n) is 16.4.